The van der Waals surface area contributed by atoms with E-state index in [1.54, 1.807) is 16.7 Å². The third-order valence-electron chi connectivity index (χ3n) is 3.94. The lowest BCUT2D eigenvalue weighted by Crippen LogP contribution is -2.26. The highest BCUT2D eigenvalue weighted by Crippen LogP contribution is 2.22. The predicted octanol–water partition coefficient (Wildman–Crippen LogP) is 4.05. The van der Waals surface area contributed by atoms with Crippen LogP contribution in [0.15, 0.2) is 37.0 Å². The van der Waals surface area contributed by atoms with Gasteiger partial charge in [0.2, 0.25) is 11.8 Å². The smallest absolute Gasteiger partial charge is 0.322 e. The zero-order valence-electron chi connectivity index (χ0n) is 16.6. The molecule has 2 aromatic heterocycles. The van der Waals surface area contributed by atoms with Crippen molar-refractivity contribution in [1.82, 2.24) is 19.7 Å². The number of nitrogens with zero attached hydrogens (tertiary/aromatic N) is 4. The third kappa shape index (κ3) is 5.24. The first-order valence-electron chi connectivity index (χ1n) is 9.20. The van der Waals surface area contributed by atoms with Crippen LogP contribution in [0.1, 0.15) is 39.5 Å². The fourth-order valence-corrected chi connectivity index (χ4v) is 3.78. The number of rotatable bonds is 7. The molecule has 0 fully saturated rings. The van der Waals surface area contributed by atoms with E-state index in [1.165, 1.54) is 11.8 Å². The van der Waals surface area contributed by atoms with Gasteiger partial charge in [0.05, 0.1) is 16.7 Å². The SMILES string of the molecule is CC(C)Cn1c(SCC(=O)Nc2nnc(C(C)C)o2)nc2ccc(Br)cc2c1=O. The molecule has 29 heavy (non-hydrogen) atoms. The largest absolute Gasteiger partial charge is 0.408 e. The number of carbonyl (C=O) groups is 1. The Morgan fingerprint density at radius 2 is 2.03 bits per heavy atom. The number of amides is 1. The monoisotopic (exact) mass is 479 g/mol. The molecule has 0 radical (unpaired) electrons. The normalized spacial score (nSPS) is 11.6. The van der Waals surface area contributed by atoms with Gasteiger partial charge in [0, 0.05) is 16.9 Å². The minimum absolute atomic E-state index is 0.0615. The topological polar surface area (TPSA) is 103 Å². The van der Waals surface area contributed by atoms with Crippen molar-refractivity contribution in [2.75, 3.05) is 11.1 Å². The fourth-order valence-electron chi connectivity index (χ4n) is 2.61. The molecule has 1 N–H and O–H groups in total. The van der Waals surface area contributed by atoms with Gasteiger partial charge < -0.3 is 4.42 Å². The van der Waals surface area contributed by atoms with Crippen LogP contribution in [0.3, 0.4) is 0 Å². The zero-order chi connectivity index (χ0) is 21.1. The van der Waals surface area contributed by atoms with Crippen LogP contribution in [0.2, 0.25) is 0 Å². The summed E-state index contributed by atoms with van der Waals surface area (Å²) >= 11 is 4.60. The molecule has 10 heteroatoms. The summed E-state index contributed by atoms with van der Waals surface area (Å²) in [6, 6.07) is 5.46. The van der Waals surface area contributed by atoms with Gasteiger partial charge in [0.15, 0.2) is 5.16 Å². The highest BCUT2D eigenvalue weighted by molar-refractivity contribution is 9.10. The Labute approximate surface area is 180 Å². The number of benzene rings is 1. The molecule has 0 unspecified atom stereocenters. The number of halogens is 1. The molecule has 0 atom stereocenters. The second kappa shape index (κ2) is 9.08. The van der Waals surface area contributed by atoms with Crippen molar-refractivity contribution in [2.24, 2.45) is 5.92 Å². The summed E-state index contributed by atoms with van der Waals surface area (Å²) in [5.74, 6) is 0.539. The molecular weight excluding hydrogens is 458 g/mol. The number of hydrogen-bond acceptors (Lipinski definition) is 7. The van der Waals surface area contributed by atoms with Gasteiger partial charge in [0.25, 0.3) is 5.56 Å². The lowest BCUT2D eigenvalue weighted by Gasteiger charge is -2.14. The van der Waals surface area contributed by atoms with Crippen LogP contribution in [-0.4, -0.2) is 31.4 Å². The van der Waals surface area contributed by atoms with E-state index in [1.807, 2.05) is 33.8 Å². The molecule has 154 valence electrons. The first-order chi connectivity index (χ1) is 13.7. The van der Waals surface area contributed by atoms with E-state index in [0.29, 0.717) is 28.5 Å². The summed E-state index contributed by atoms with van der Waals surface area (Å²) in [5, 5.41) is 11.3. The Hall–Kier alpha value is -2.20. The molecule has 8 nitrogen and oxygen atoms in total. The molecule has 2 heterocycles. The average Bonchev–Trinajstić information content (AvgIpc) is 3.11. The molecule has 1 aromatic carbocycles. The molecule has 0 saturated carbocycles. The lowest BCUT2D eigenvalue weighted by molar-refractivity contribution is -0.113. The average molecular weight is 480 g/mol. The van der Waals surface area contributed by atoms with Gasteiger partial charge in [-0.15, -0.1) is 5.10 Å². The molecular formula is C19H22BrN5O3S. The Morgan fingerprint density at radius 3 is 2.69 bits per heavy atom. The maximum atomic E-state index is 13.0. The van der Waals surface area contributed by atoms with E-state index >= 15 is 0 Å². The Bertz CT molecular complexity index is 1090. The van der Waals surface area contributed by atoms with Crippen LogP contribution in [-0.2, 0) is 11.3 Å². The lowest BCUT2D eigenvalue weighted by atomic mass is 10.2. The Kier molecular flexibility index (Phi) is 6.74. The van der Waals surface area contributed by atoms with Gasteiger partial charge >= 0.3 is 6.01 Å². The molecule has 0 aliphatic rings. The van der Waals surface area contributed by atoms with Crippen molar-refractivity contribution in [2.45, 2.75) is 45.3 Å². The van der Waals surface area contributed by atoms with Crippen molar-refractivity contribution in [3.63, 3.8) is 0 Å². The van der Waals surface area contributed by atoms with E-state index in [2.05, 4.69) is 36.4 Å². The van der Waals surface area contributed by atoms with Crippen molar-refractivity contribution >= 4 is 50.5 Å². The summed E-state index contributed by atoms with van der Waals surface area (Å²) in [4.78, 5) is 29.9. The molecule has 0 bridgehead atoms. The van der Waals surface area contributed by atoms with Crippen LogP contribution in [0.25, 0.3) is 10.9 Å². The maximum absolute atomic E-state index is 13.0. The van der Waals surface area contributed by atoms with Crippen LogP contribution in [0.5, 0.6) is 0 Å². The Morgan fingerprint density at radius 1 is 1.28 bits per heavy atom. The van der Waals surface area contributed by atoms with Gasteiger partial charge in [-0.25, -0.2) is 4.98 Å². The fraction of sp³-hybridized carbons (Fsp3) is 0.421. The van der Waals surface area contributed by atoms with Gasteiger partial charge in [-0.2, -0.15) is 0 Å². The molecule has 1 amide bonds. The highest BCUT2D eigenvalue weighted by Gasteiger charge is 2.16. The Balaban J connectivity index is 1.81. The highest BCUT2D eigenvalue weighted by atomic mass is 79.9. The number of nitrogens with one attached hydrogen (secondary N) is 1. The first-order valence-corrected chi connectivity index (χ1v) is 11.0. The van der Waals surface area contributed by atoms with E-state index in [-0.39, 0.29) is 35.1 Å². The van der Waals surface area contributed by atoms with E-state index < -0.39 is 0 Å². The standard InChI is InChI=1S/C19H22BrN5O3S/c1-10(2)8-25-17(27)13-7-12(20)5-6-14(13)21-19(25)29-9-15(26)22-18-24-23-16(28-18)11(3)4/h5-7,10-11H,8-9H2,1-4H3,(H,22,24,26). The van der Waals surface area contributed by atoms with Gasteiger partial charge in [-0.3, -0.25) is 19.5 Å². The van der Waals surface area contributed by atoms with Crippen molar-refractivity contribution in [3.8, 4) is 0 Å². The number of anilines is 1. The van der Waals surface area contributed by atoms with E-state index in [4.69, 9.17) is 4.42 Å². The van der Waals surface area contributed by atoms with Gasteiger partial charge in [-0.1, -0.05) is 60.5 Å². The van der Waals surface area contributed by atoms with Crippen molar-refractivity contribution < 1.29 is 9.21 Å². The molecule has 0 aliphatic carbocycles. The van der Waals surface area contributed by atoms with Crippen LogP contribution >= 0.6 is 27.7 Å². The summed E-state index contributed by atoms with van der Waals surface area (Å²) in [7, 11) is 0. The second-order valence-electron chi connectivity index (χ2n) is 7.30. The first kappa shape index (κ1) is 21.5. The van der Waals surface area contributed by atoms with Crippen molar-refractivity contribution in [1.29, 1.82) is 0 Å². The van der Waals surface area contributed by atoms with E-state index in [0.717, 1.165) is 4.47 Å². The zero-order valence-corrected chi connectivity index (χ0v) is 19.0. The third-order valence-corrected chi connectivity index (χ3v) is 5.41. The van der Waals surface area contributed by atoms with Crippen molar-refractivity contribution in [3.05, 3.63) is 38.9 Å². The summed E-state index contributed by atoms with van der Waals surface area (Å²) in [6.07, 6.45) is 0. The maximum Gasteiger partial charge on any atom is 0.322 e. The molecule has 3 aromatic rings. The number of aromatic nitrogens is 4. The molecule has 0 aliphatic heterocycles. The minimum Gasteiger partial charge on any atom is -0.408 e. The van der Waals surface area contributed by atoms with Gasteiger partial charge in [-0.05, 0) is 24.1 Å². The molecule has 0 spiro atoms. The van der Waals surface area contributed by atoms with E-state index in [9.17, 15) is 9.59 Å². The van der Waals surface area contributed by atoms with Crippen LogP contribution in [0, 0.1) is 5.92 Å². The summed E-state index contributed by atoms with van der Waals surface area (Å²) in [5.41, 5.74) is 0.478. The quantitative estimate of drug-likeness (QED) is 0.402. The number of fused-ring (bicyclic) bond motifs is 1. The number of hydrogen-bond donors (Lipinski definition) is 1. The van der Waals surface area contributed by atoms with Gasteiger partial charge in [0.1, 0.15) is 0 Å². The molecule has 0 saturated heterocycles. The van der Waals surface area contributed by atoms with Crippen LogP contribution in [0.4, 0.5) is 6.01 Å². The minimum atomic E-state index is -0.310. The summed E-state index contributed by atoms with van der Waals surface area (Å²) in [6.45, 7) is 8.42. The second-order valence-corrected chi connectivity index (χ2v) is 9.16. The molecule has 3 rings (SSSR count). The number of carbonyl (C=O) groups excluding carboxylic acids is 1. The summed E-state index contributed by atoms with van der Waals surface area (Å²) < 4.78 is 7.84. The predicted molar refractivity (Wildman–Crippen MR) is 116 cm³/mol. The number of thioether (sulfide) groups is 1. The van der Waals surface area contributed by atoms with Crippen LogP contribution < -0.4 is 10.9 Å².